The lowest BCUT2D eigenvalue weighted by molar-refractivity contribution is 0.472. The Balaban J connectivity index is 2.29. The number of halogens is 2. The second-order valence-electron chi connectivity index (χ2n) is 4.48. The number of ether oxygens (including phenoxy) is 1. The lowest BCUT2D eigenvalue weighted by Gasteiger charge is -2.12. The van der Waals surface area contributed by atoms with Crippen LogP contribution in [-0.2, 0) is 0 Å². The van der Waals surface area contributed by atoms with Gasteiger partial charge in [-0.05, 0) is 43.2 Å². The highest BCUT2D eigenvalue weighted by Crippen LogP contribution is 2.31. The minimum Gasteiger partial charge on any atom is -0.457 e. The van der Waals surface area contributed by atoms with Crippen LogP contribution in [0.1, 0.15) is 24.1 Å². The maximum atomic E-state index is 13.2. The van der Waals surface area contributed by atoms with E-state index in [2.05, 4.69) is 15.9 Å². The molecule has 0 unspecified atom stereocenters. The Hall–Kier alpha value is -1.39. The molecule has 19 heavy (non-hydrogen) atoms. The second-order valence-corrected chi connectivity index (χ2v) is 5.34. The van der Waals surface area contributed by atoms with Crippen LogP contribution >= 0.6 is 15.9 Å². The van der Waals surface area contributed by atoms with Crippen molar-refractivity contribution in [2.45, 2.75) is 19.9 Å². The van der Waals surface area contributed by atoms with Crippen molar-refractivity contribution in [1.82, 2.24) is 0 Å². The van der Waals surface area contributed by atoms with Gasteiger partial charge in [0, 0.05) is 16.6 Å². The summed E-state index contributed by atoms with van der Waals surface area (Å²) >= 11 is 3.46. The highest BCUT2D eigenvalue weighted by molar-refractivity contribution is 9.10. The van der Waals surface area contributed by atoms with Gasteiger partial charge in [0.1, 0.15) is 17.3 Å². The van der Waals surface area contributed by atoms with Gasteiger partial charge in [-0.25, -0.2) is 4.39 Å². The number of hydrogen-bond acceptors (Lipinski definition) is 2. The Morgan fingerprint density at radius 1 is 1.21 bits per heavy atom. The molecular formula is C15H15BrFNO. The molecule has 0 bridgehead atoms. The van der Waals surface area contributed by atoms with Crippen LogP contribution in [-0.4, -0.2) is 0 Å². The van der Waals surface area contributed by atoms with E-state index in [0.717, 1.165) is 15.6 Å². The van der Waals surface area contributed by atoms with E-state index in [1.165, 1.54) is 12.1 Å². The van der Waals surface area contributed by atoms with Crippen molar-refractivity contribution in [2.24, 2.45) is 5.73 Å². The molecule has 0 saturated heterocycles. The first-order chi connectivity index (χ1) is 8.97. The Bertz CT molecular complexity index is 599. The Morgan fingerprint density at radius 3 is 2.58 bits per heavy atom. The van der Waals surface area contributed by atoms with E-state index in [0.29, 0.717) is 11.5 Å². The maximum Gasteiger partial charge on any atom is 0.133 e. The number of aryl methyl sites for hydroxylation is 1. The predicted octanol–water partition coefficient (Wildman–Crippen LogP) is 4.71. The highest BCUT2D eigenvalue weighted by atomic mass is 79.9. The first-order valence-electron chi connectivity index (χ1n) is 5.96. The van der Waals surface area contributed by atoms with Crippen molar-refractivity contribution in [1.29, 1.82) is 0 Å². The van der Waals surface area contributed by atoms with Gasteiger partial charge in [0.2, 0.25) is 0 Å². The van der Waals surface area contributed by atoms with Crippen molar-refractivity contribution in [3.05, 3.63) is 57.8 Å². The van der Waals surface area contributed by atoms with Crippen LogP contribution in [0.5, 0.6) is 11.5 Å². The molecule has 0 aromatic heterocycles. The molecule has 2 nitrogen and oxygen atoms in total. The van der Waals surface area contributed by atoms with Gasteiger partial charge in [-0.1, -0.05) is 28.1 Å². The largest absolute Gasteiger partial charge is 0.457 e. The molecule has 0 aliphatic carbocycles. The predicted molar refractivity (Wildman–Crippen MR) is 78.0 cm³/mol. The number of hydrogen-bond donors (Lipinski definition) is 1. The SMILES string of the molecule is Cc1ccc(F)cc1Oc1ccc([C@@H](C)N)c(Br)c1. The summed E-state index contributed by atoms with van der Waals surface area (Å²) in [5, 5.41) is 0. The fraction of sp³-hybridized carbons (Fsp3) is 0.200. The minimum absolute atomic E-state index is 0.0562. The zero-order valence-corrected chi connectivity index (χ0v) is 12.4. The molecule has 0 fully saturated rings. The molecule has 0 saturated carbocycles. The summed E-state index contributed by atoms with van der Waals surface area (Å²) in [6.07, 6.45) is 0. The van der Waals surface area contributed by atoms with E-state index < -0.39 is 0 Å². The van der Waals surface area contributed by atoms with E-state index in [1.54, 1.807) is 6.07 Å². The van der Waals surface area contributed by atoms with Gasteiger partial charge >= 0.3 is 0 Å². The lowest BCUT2D eigenvalue weighted by atomic mass is 10.1. The highest BCUT2D eigenvalue weighted by Gasteiger charge is 2.08. The smallest absolute Gasteiger partial charge is 0.133 e. The molecule has 1 atom stereocenters. The normalized spacial score (nSPS) is 12.3. The van der Waals surface area contributed by atoms with Crippen LogP contribution in [0.15, 0.2) is 40.9 Å². The van der Waals surface area contributed by atoms with Crippen LogP contribution in [0.25, 0.3) is 0 Å². The molecule has 2 aromatic carbocycles. The molecule has 2 N–H and O–H groups in total. The Labute approximate surface area is 120 Å². The van der Waals surface area contributed by atoms with E-state index >= 15 is 0 Å². The molecule has 2 aromatic rings. The number of benzene rings is 2. The third-order valence-electron chi connectivity index (χ3n) is 2.84. The molecule has 0 radical (unpaired) electrons. The van der Waals surface area contributed by atoms with E-state index in [4.69, 9.17) is 10.5 Å². The van der Waals surface area contributed by atoms with E-state index in [-0.39, 0.29) is 11.9 Å². The zero-order chi connectivity index (χ0) is 14.0. The average Bonchev–Trinajstić information content (AvgIpc) is 2.33. The Morgan fingerprint density at radius 2 is 1.95 bits per heavy atom. The van der Waals surface area contributed by atoms with Crippen LogP contribution in [0, 0.1) is 12.7 Å². The molecule has 0 amide bonds. The standard InChI is InChI=1S/C15H15BrFNO/c1-9-3-4-11(17)7-15(9)19-12-5-6-13(10(2)18)14(16)8-12/h3-8,10H,18H2,1-2H3/t10-/m1/s1. The maximum absolute atomic E-state index is 13.2. The van der Waals surface area contributed by atoms with Gasteiger partial charge in [0.15, 0.2) is 0 Å². The monoisotopic (exact) mass is 323 g/mol. The van der Waals surface area contributed by atoms with Crippen molar-refractivity contribution in [3.63, 3.8) is 0 Å². The molecular weight excluding hydrogens is 309 g/mol. The summed E-state index contributed by atoms with van der Waals surface area (Å²) in [6, 6.07) is 9.99. The minimum atomic E-state index is -0.313. The van der Waals surface area contributed by atoms with Crippen molar-refractivity contribution in [3.8, 4) is 11.5 Å². The number of nitrogens with two attached hydrogens (primary N) is 1. The van der Waals surface area contributed by atoms with Gasteiger partial charge in [-0.15, -0.1) is 0 Å². The van der Waals surface area contributed by atoms with E-state index in [1.807, 2.05) is 32.0 Å². The quantitative estimate of drug-likeness (QED) is 0.887. The molecule has 2 rings (SSSR count). The summed E-state index contributed by atoms with van der Waals surface area (Å²) in [4.78, 5) is 0. The second kappa shape index (κ2) is 5.72. The van der Waals surface area contributed by atoms with Crippen molar-refractivity contribution in [2.75, 3.05) is 0 Å². The fourth-order valence-electron chi connectivity index (χ4n) is 1.75. The first kappa shape index (κ1) is 14.0. The topological polar surface area (TPSA) is 35.2 Å². The molecule has 4 heteroatoms. The van der Waals surface area contributed by atoms with Crippen LogP contribution in [0.2, 0.25) is 0 Å². The van der Waals surface area contributed by atoms with Gasteiger partial charge in [0.25, 0.3) is 0 Å². The fourth-order valence-corrected chi connectivity index (χ4v) is 2.47. The zero-order valence-electron chi connectivity index (χ0n) is 10.8. The average molecular weight is 324 g/mol. The summed E-state index contributed by atoms with van der Waals surface area (Å²) < 4.78 is 19.8. The van der Waals surface area contributed by atoms with Gasteiger partial charge in [-0.3, -0.25) is 0 Å². The Kier molecular flexibility index (Phi) is 4.22. The van der Waals surface area contributed by atoms with Gasteiger partial charge < -0.3 is 10.5 Å². The molecule has 0 aliphatic rings. The van der Waals surface area contributed by atoms with Crippen LogP contribution in [0.3, 0.4) is 0 Å². The summed E-state index contributed by atoms with van der Waals surface area (Å²) in [7, 11) is 0. The molecule has 100 valence electrons. The lowest BCUT2D eigenvalue weighted by Crippen LogP contribution is -2.05. The summed E-state index contributed by atoms with van der Waals surface area (Å²) in [5.74, 6) is 0.845. The third-order valence-corrected chi connectivity index (χ3v) is 3.53. The van der Waals surface area contributed by atoms with Gasteiger partial charge in [0.05, 0.1) is 0 Å². The van der Waals surface area contributed by atoms with E-state index in [9.17, 15) is 4.39 Å². The molecule has 0 aliphatic heterocycles. The third kappa shape index (κ3) is 3.33. The van der Waals surface area contributed by atoms with Gasteiger partial charge in [-0.2, -0.15) is 0 Å². The summed E-state index contributed by atoms with van der Waals surface area (Å²) in [6.45, 7) is 3.79. The van der Waals surface area contributed by atoms with Crippen molar-refractivity contribution < 1.29 is 9.13 Å². The molecule has 0 spiro atoms. The summed E-state index contributed by atoms with van der Waals surface area (Å²) in [5.41, 5.74) is 7.73. The molecule has 0 heterocycles. The van der Waals surface area contributed by atoms with Crippen LogP contribution in [0.4, 0.5) is 4.39 Å². The van der Waals surface area contributed by atoms with Crippen molar-refractivity contribution >= 4 is 15.9 Å². The number of rotatable bonds is 3. The van der Waals surface area contributed by atoms with Crippen LogP contribution < -0.4 is 10.5 Å². The first-order valence-corrected chi connectivity index (χ1v) is 6.75.